The number of hydrogen-bond acceptors (Lipinski definition) is 3. The number of carbonyl (C=O) groups is 1. The highest BCUT2D eigenvalue weighted by molar-refractivity contribution is 5.79. The smallest absolute Gasteiger partial charge is 0.222 e. The van der Waals surface area contributed by atoms with Gasteiger partial charge in [-0.2, -0.15) is 5.10 Å². The van der Waals surface area contributed by atoms with Crippen molar-refractivity contribution in [3.63, 3.8) is 0 Å². The molecular weight excluding hydrogens is 364 g/mol. The average Bonchev–Trinajstić information content (AvgIpc) is 3.41. The molecule has 0 unspecified atom stereocenters. The number of imidazole rings is 1. The normalized spacial score (nSPS) is 14.2. The number of likely N-dealkylation sites (tertiary alicyclic amines) is 1. The first-order valence-corrected chi connectivity index (χ1v) is 9.38. The number of amides is 1. The van der Waals surface area contributed by atoms with Crippen LogP contribution in [0.3, 0.4) is 0 Å². The van der Waals surface area contributed by atoms with Gasteiger partial charge in [0.05, 0.1) is 23.9 Å². The predicted molar refractivity (Wildman–Crippen MR) is 100 cm³/mol. The van der Waals surface area contributed by atoms with Crippen molar-refractivity contribution < 1.29 is 13.6 Å². The number of nitrogens with zero attached hydrogens (tertiary/aromatic N) is 5. The Hall–Kier alpha value is -3.03. The van der Waals surface area contributed by atoms with E-state index in [1.807, 2.05) is 22.6 Å². The highest BCUT2D eigenvalue weighted by Crippen LogP contribution is 2.33. The summed E-state index contributed by atoms with van der Waals surface area (Å²) in [6.07, 6.45) is 6.62. The molecule has 146 valence electrons. The van der Waals surface area contributed by atoms with E-state index in [0.717, 1.165) is 24.6 Å². The maximum absolute atomic E-state index is 14.4. The van der Waals surface area contributed by atoms with Crippen LogP contribution in [0.2, 0.25) is 0 Å². The molecule has 28 heavy (non-hydrogen) atoms. The van der Waals surface area contributed by atoms with Crippen LogP contribution in [0.5, 0.6) is 0 Å². The zero-order valence-electron chi connectivity index (χ0n) is 15.6. The fourth-order valence-corrected chi connectivity index (χ4v) is 3.57. The zero-order valence-corrected chi connectivity index (χ0v) is 15.6. The maximum atomic E-state index is 14.4. The SMILES string of the molecule is CCn1cc(-c2c(-c3cccc(F)c3F)ncn2CCN2CCCC2=O)cn1. The van der Waals surface area contributed by atoms with Crippen molar-refractivity contribution in [1.29, 1.82) is 0 Å². The molecule has 4 rings (SSSR count). The van der Waals surface area contributed by atoms with E-state index in [0.29, 0.717) is 37.4 Å². The molecule has 1 amide bonds. The number of benzene rings is 1. The van der Waals surface area contributed by atoms with E-state index in [1.165, 1.54) is 12.1 Å². The monoisotopic (exact) mass is 385 g/mol. The first-order valence-electron chi connectivity index (χ1n) is 9.38. The summed E-state index contributed by atoms with van der Waals surface area (Å²) in [6.45, 7) is 4.49. The minimum absolute atomic E-state index is 0.107. The quantitative estimate of drug-likeness (QED) is 0.654. The van der Waals surface area contributed by atoms with Gasteiger partial charge in [0, 0.05) is 49.9 Å². The Bertz CT molecular complexity index is 1010. The van der Waals surface area contributed by atoms with Crippen LogP contribution >= 0.6 is 0 Å². The second kappa shape index (κ2) is 7.53. The van der Waals surface area contributed by atoms with Crippen LogP contribution in [0, 0.1) is 11.6 Å². The summed E-state index contributed by atoms with van der Waals surface area (Å²) in [5, 5.41) is 4.30. The van der Waals surface area contributed by atoms with Crippen LogP contribution in [0.1, 0.15) is 19.8 Å². The Kier molecular flexibility index (Phi) is 4.93. The van der Waals surface area contributed by atoms with Gasteiger partial charge in [0.15, 0.2) is 11.6 Å². The van der Waals surface area contributed by atoms with E-state index in [1.54, 1.807) is 17.2 Å². The summed E-state index contributed by atoms with van der Waals surface area (Å²) < 4.78 is 31.9. The Morgan fingerprint density at radius 3 is 2.79 bits per heavy atom. The lowest BCUT2D eigenvalue weighted by Crippen LogP contribution is -2.28. The molecular formula is C20H21F2N5O. The van der Waals surface area contributed by atoms with Crippen LogP contribution in [-0.4, -0.2) is 43.2 Å². The summed E-state index contributed by atoms with van der Waals surface area (Å²) in [4.78, 5) is 18.1. The molecule has 6 nitrogen and oxygen atoms in total. The van der Waals surface area contributed by atoms with Gasteiger partial charge in [-0.05, 0) is 25.5 Å². The molecule has 0 saturated carbocycles. The predicted octanol–water partition coefficient (Wildman–Crippen LogP) is 3.33. The molecule has 1 aromatic carbocycles. The van der Waals surface area contributed by atoms with Gasteiger partial charge in [-0.25, -0.2) is 13.8 Å². The van der Waals surface area contributed by atoms with Gasteiger partial charge in [0.1, 0.15) is 0 Å². The molecule has 3 heterocycles. The Morgan fingerprint density at radius 2 is 2.07 bits per heavy atom. The molecule has 0 bridgehead atoms. The Morgan fingerprint density at radius 1 is 1.21 bits per heavy atom. The molecule has 3 aromatic rings. The Balaban J connectivity index is 1.75. The van der Waals surface area contributed by atoms with E-state index >= 15 is 0 Å². The van der Waals surface area contributed by atoms with E-state index < -0.39 is 11.6 Å². The maximum Gasteiger partial charge on any atom is 0.222 e. The van der Waals surface area contributed by atoms with Gasteiger partial charge < -0.3 is 9.47 Å². The molecule has 1 aliphatic heterocycles. The number of halogens is 2. The average molecular weight is 385 g/mol. The van der Waals surface area contributed by atoms with Crippen molar-refractivity contribution in [2.45, 2.75) is 32.9 Å². The fraction of sp³-hybridized carbons (Fsp3) is 0.350. The van der Waals surface area contributed by atoms with Gasteiger partial charge in [0.2, 0.25) is 5.91 Å². The summed E-state index contributed by atoms with van der Waals surface area (Å²) in [5.41, 5.74) is 1.90. The van der Waals surface area contributed by atoms with Gasteiger partial charge in [0.25, 0.3) is 0 Å². The lowest BCUT2D eigenvalue weighted by molar-refractivity contribution is -0.127. The molecule has 0 spiro atoms. The number of aromatic nitrogens is 4. The van der Waals surface area contributed by atoms with Crippen molar-refractivity contribution in [2.24, 2.45) is 0 Å². The second-order valence-corrected chi connectivity index (χ2v) is 6.81. The number of rotatable bonds is 6. The fourth-order valence-electron chi connectivity index (χ4n) is 3.57. The van der Waals surface area contributed by atoms with Crippen LogP contribution in [0.4, 0.5) is 8.78 Å². The van der Waals surface area contributed by atoms with Crippen molar-refractivity contribution in [3.8, 4) is 22.5 Å². The molecule has 1 saturated heterocycles. The first kappa shape index (κ1) is 18.3. The minimum atomic E-state index is -0.924. The summed E-state index contributed by atoms with van der Waals surface area (Å²) in [7, 11) is 0. The third-order valence-electron chi connectivity index (χ3n) is 5.06. The van der Waals surface area contributed by atoms with E-state index in [2.05, 4.69) is 10.1 Å². The number of carbonyl (C=O) groups excluding carboxylic acids is 1. The van der Waals surface area contributed by atoms with E-state index in [4.69, 9.17) is 0 Å². The van der Waals surface area contributed by atoms with E-state index in [9.17, 15) is 13.6 Å². The number of aryl methyl sites for hydroxylation is 1. The highest BCUT2D eigenvalue weighted by atomic mass is 19.2. The van der Waals surface area contributed by atoms with Gasteiger partial charge in [-0.15, -0.1) is 0 Å². The van der Waals surface area contributed by atoms with Gasteiger partial charge >= 0.3 is 0 Å². The molecule has 2 aromatic heterocycles. The highest BCUT2D eigenvalue weighted by Gasteiger charge is 2.23. The molecule has 0 radical (unpaired) electrons. The minimum Gasteiger partial charge on any atom is -0.341 e. The molecule has 1 aliphatic rings. The van der Waals surface area contributed by atoms with E-state index in [-0.39, 0.29) is 11.5 Å². The van der Waals surface area contributed by atoms with Crippen molar-refractivity contribution in [1.82, 2.24) is 24.2 Å². The van der Waals surface area contributed by atoms with Crippen molar-refractivity contribution >= 4 is 5.91 Å². The first-order chi connectivity index (χ1) is 13.6. The standard InChI is InChI=1S/C20H21F2N5O/c1-2-27-12-14(11-24-27)20-19(15-5-3-6-16(21)18(15)22)23-13-26(20)10-9-25-8-4-7-17(25)28/h3,5-6,11-13H,2,4,7-10H2,1H3. The van der Waals surface area contributed by atoms with Crippen molar-refractivity contribution in [2.75, 3.05) is 13.1 Å². The number of hydrogen-bond donors (Lipinski definition) is 0. The third kappa shape index (κ3) is 3.30. The van der Waals surface area contributed by atoms with Crippen LogP contribution in [-0.2, 0) is 17.9 Å². The molecule has 0 N–H and O–H groups in total. The molecule has 0 aliphatic carbocycles. The largest absolute Gasteiger partial charge is 0.341 e. The zero-order chi connectivity index (χ0) is 19.7. The third-order valence-corrected chi connectivity index (χ3v) is 5.06. The summed E-state index contributed by atoms with van der Waals surface area (Å²) in [6, 6.07) is 4.07. The molecule has 0 atom stereocenters. The lowest BCUT2D eigenvalue weighted by Gasteiger charge is -2.17. The molecule has 8 heteroatoms. The van der Waals surface area contributed by atoms with Gasteiger partial charge in [-0.3, -0.25) is 9.48 Å². The second-order valence-electron chi connectivity index (χ2n) is 6.81. The summed E-state index contributed by atoms with van der Waals surface area (Å²) >= 11 is 0. The Labute approximate surface area is 161 Å². The van der Waals surface area contributed by atoms with Crippen molar-refractivity contribution in [3.05, 3.63) is 48.6 Å². The molecule has 1 fully saturated rings. The van der Waals surface area contributed by atoms with Crippen LogP contribution < -0.4 is 0 Å². The summed E-state index contributed by atoms with van der Waals surface area (Å²) in [5.74, 6) is -1.69. The lowest BCUT2D eigenvalue weighted by atomic mass is 10.1. The van der Waals surface area contributed by atoms with Crippen LogP contribution in [0.25, 0.3) is 22.5 Å². The topological polar surface area (TPSA) is 56.0 Å². The van der Waals surface area contributed by atoms with Gasteiger partial charge in [-0.1, -0.05) is 6.07 Å². The van der Waals surface area contributed by atoms with Crippen LogP contribution in [0.15, 0.2) is 36.9 Å².